The molecule has 30 heavy (non-hydrogen) atoms. The van der Waals surface area contributed by atoms with Crippen LogP contribution in [0.15, 0.2) is 35.6 Å². The number of aromatic nitrogens is 4. The lowest BCUT2D eigenvalue weighted by Gasteiger charge is -2.35. The molecule has 8 nitrogen and oxygen atoms in total. The van der Waals surface area contributed by atoms with Crippen molar-refractivity contribution in [1.29, 1.82) is 0 Å². The fraction of sp³-hybridized carbons (Fsp3) is 0.389. The lowest BCUT2D eigenvalue weighted by Crippen LogP contribution is -2.34. The maximum atomic E-state index is 14.8. The molecule has 0 radical (unpaired) electrons. The van der Waals surface area contributed by atoms with Crippen molar-refractivity contribution in [1.82, 2.24) is 24.0 Å². The van der Waals surface area contributed by atoms with Crippen LogP contribution < -0.4 is 4.72 Å². The van der Waals surface area contributed by atoms with E-state index in [2.05, 4.69) is 24.1 Å². The van der Waals surface area contributed by atoms with Gasteiger partial charge in [-0.05, 0) is 37.6 Å². The van der Waals surface area contributed by atoms with E-state index in [1.807, 2.05) is 13.1 Å². The summed E-state index contributed by atoms with van der Waals surface area (Å²) >= 11 is 0.800. The fourth-order valence-electron chi connectivity index (χ4n) is 3.73. The summed E-state index contributed by atoms with van der Waals surface area (Å²) in [5, 5.41) is 4.19. The third-order valence-electron chi connectivity index (χ3n) is 5.16. The highest BCUT2D eigenvalue weighted by Crippen LogP contribution is 2.33. The van der Waals surface area contributed by atoms with Gasteiger partial charge in [-0.3, -0.25) is 14.3 Å². The second-order valence-electron chi connectivity index (χ2n) is 7.09. The summed E-state index contributed by atoms with van der Waals surface area (Å²) in [6.45, 7) is 0.901. The first-order chi connectivity index (χ1) is 14.3. The third-order valence-corrected chi connectivity index (χ3v) is 7.22. The molecule has 12 heteroatoms. The van der Waals surface area contributed by atoms with Gasteiger partial charge in [-0.2, -0.15) is 9.47 Å². The first kappa shape index (κ1) is 20.8. The molecule has 2 aromatic heterocycles. The van der Waals surface area contributed by atoms with Crippen molar-refractivity contribution in [2.45, 2.75) is 36.7 Å². The Morgan fingerprint density at radius 3 is 2.80 bits per heavy atom. The topological polar surface area (TPSA) is 93.0 Å². The molecular formula is C18H20F2N6O2S2. The first-order valence-electron chi connectivity index (χ1n) is 9.34. The van der Waals surface area contributed by atoms with Crippen LogP contribution in [0, 0.1) is 11.6 Å². The van der Waals surface area contributed by atoms with E-state index in [0.717, 1.165) is 55.2 Å². The highest BCUT2D eigenvalue weighted by Gasteiger charge is 2.28. The zero-order chi connectivity index (χ0) is 21.3. The van der Waals surface area contributed by atoms with Gasteiger partial charge in [0.15, 0.2) is 0 Å². The van der Waals surface area contributed by atoms with Gasteiger partial charge in [0.1, 0.15) is 22.9 Å². The van der Waals surface area contributed by atoms with Crippen LogP contribution in [0.4, 0.5) is 13.9 Å². The molecule has 1 atom stereocenters. The normalized spacial score (nSPS) is 17.9. The number of hydrogen-bond acceptors (Lipinski definition) is 7. The van der Waals surface area contributed by atoms with E-state index in [-0.39, 0.29) is 23.3 Å². The Labute approximate surface area is 176 Å². The lowest BCUT2D eigenvalue weighted by atomic mass is 9.98. The number of likely N-dealkylation sites (tertiary alicyclic amines) is 1. The molecule has 0 spiro atoms. The molecule has 1 N–H and O–H groups in total. The molecule has 1 aliphatic rings. The molecule has 3 aromatic rings. The van der Waals surface area contributed by atoms with Crippen molar-refractivity contribution in [3.8, 4) is 0 Å². The second kappa shape index (κ2) is 8.36. The van der Waals surface area contributed by atoms with Gasteiger partial charge in [0, 0.05) is 36.9 Å². The lowest BCUT2D eigenvalue weighted by molar-refractivity contribution is 0.132. The fourth-order valence-corrected chi connectivity index (χ4v) is 5.46. The van der Waals surface area contributed by atoms with E-state index in [1.165, 1.54) is 6.33 Å². The Morgan fingerprint density at radius 1 is 1.27 bits per heavy atom. The quantitative estimate of drug-likeness (QED) is 0.615. The monoisotopic (exact) mass is 454 g/mol. The smallest absolute Gasteiger partial charge is 0.266 e. The van der Waals surface area contributed by atoms with E-state index in [1.54, 1.807) is 10.9 Å². The number of anilines is 1. The van der Waals surface area contributed by atoms with Crippen LogP contribution in [0.5, 0.6) is 0 Å². The molecule has 1 aromatic carbocycles. The summed E-state index contributed by atoms with van der Waals surface area (Å²) in [6, 6.07) is 3.64. The number of hydrogen-bond donors (Lipinski definition) is 1. The zero-order valence-electron chi connectivity index (χ0n) is 16.1. The van der Waals surface area contributed by atoms with Gasteiger partial charge < -0.3 is 0 Å². The maximum absolute atomic E-state index is 14.8. The van der Waals surface area contributed by atoms with Crippen LogP contribution in [-0.4, -0.2) is 39.0 Å². The average molecular weight is 455 g/mol. The molecule has 0 saturated carbocycles. The number of aryl methyl sites for hydroxylation is 1. The Kier molecular flexibility index (Phi) is 5.80. The van der Waals surface area contributed by atoms with Crippen LogP contribution in [-0.2, 0) is 23.6 Å². The van der Waals surface area contributed by atoms with Crippen molar-refractivity contribution in [3.63, 3.8) is 0 Å². The van der Waals surface area contributed by atoms with E-state index >= 15 is 0 Å². The average Bonchev–Trinajstić information content (AvgIpc) is 3.36. The summed E-state index contributed by atoms with van der Waals surface area (Å²) in [6.07, 6.45) is 5.77. The highest BCUT2D eigenvalue weighted by molar-refractivity contribution is 7.93. The minimum absolute atomic E-state index is 0.0220. The molecule has 3 heterocycles. The molecule has 0 unspecified atom stereocenters. The predicted octanol–water partition coefficient (Wildman–Crippen LogP) is 3.08. The molecule has 0 amide bonds. The number of nitrogens with zero attached hydrogens (tertiary/aromatic N) is 5. The van der Waals surface area contributed by atoms with Crippen molar-refractivity contribution in [2.75, 3.05) is 11.3 Å². The SMILES string of the molecule is Cn1nccc1[C@@H]1CCCCN1Cc1cc(F)c(S(=O)(=O)Nc2ncns2)cc1F. The van der Waals surface area contributed by atoms with Crippen LogP contribution >= 0.6 is 11.5 Å². The molecule has 1 aliphatic heterocycles. The maximum Gasteiger partial charge on any atom is 0.266 e. The molecule has 0 aliphatic carbocycles. The summed E-state index contributed by atoms with van der Waals surface area (Å²) in [7, 11) is -2.47. The van der Waals surface area contributed by atoms with Gasteiger partial charge in [-0.15, -0.1) is 0 Å². The number of benzene rings is 1. The summed E-state index contributed by atoms with van der Waals surface area (Å²) in [4.78, 5) is 5.01. The number of rotatable bonds is 6. The van der Waals surface area contributed by atoms with Crippen molar-refractivity contribution >= 4 is 26.7 Å². The minimum Gasteiger partial charge on any atom is -0.290 e. The predicted molar refractivity (Wildman–Crippen MR) is 107 cm³/mol. The van der Waals surface area contributed by atoms with Gasteiger partial charge in [0.05, 0.1) is 11.7 Å². The summed E-state index contributed by atoms with van der Waals surface area (Å²) in [5.74, 6) is -1.79. The van der Waals surface area contributed by atoms with Crippen molar-refractivity contribution < 1.29 is 17.2 Å². The molecule has 1 saturated heterocycles. The zero-order valence-corrected chi connectivity index (χ0v) is 17.8. The van der Waals surface area contributed by atoms with Gasteiger partial charge in [0.25, 0.3) is 10.0 Å². The van der Waals surface area contributed by atoms with Crippen molar-refractivity contribution in [2.24, 2.45) is 7.05 Å². The number of piperidine rings is 1. The Morgan fingerprint density at radius 2 is 2.10 bits per heavy atom. The standard InChI is InChI=1S/C18H20F2N6O2S2/c1-25-15(5-6-22-25)16-4-2-3-7-26(16)10-12-8-14(20)17(9-13(12)19)30(27,28)24-18-21-11-23-29-18/h5-6,8-9,11,16H,2-4,7,10H2,1H3,(H,21,23,24)/t16-/m0/s1. The number of nitrogens with one attached hydrogen (secondary N) is 1. The Hall–Kier alpha value is -2.44. The summed E-state index contributed by atoms with van der Waals surface area (Å²) < 4.78 is 61.9. The van der Waals surface area contributed by atoms with E-state index in [0.29, 0.717) is 0 Å². The van der Waals surface area contributed by atoms with Gasteiger partial charge in [-0.1, -0.05) is 6.42 Å². The largest absolute Gasteiger partial charge is 0.290 e. The van der Waals surface area contributed by atoms with Gasteiger partial charge in [-0.25, -0.2) is 22.2 Å². The van der Waals surface area contributed by atoms with E-state index < -0.39 is 26.6 Å². The molecule has 0 bridgehead atoms. The molecule has 1 fully saturated rings. The first-order valence-corrected chi connectivity index (χ1v) is 11.6. The minimum atomic E-state index is -4.32. The molecule has 4 rings (SSSR count). The Balaban J connectivity index is 1.59. The third kappa shape index (κ3) is 4.20. The highest BCUT2D eigenvalue weighted by atomic mass is 32.2. The Bertz CT molecular complexity index is 1130. The number of halogens is 2. The van der Waals surface area contributed by atoms with E-state index in [4.69, 9.17) is 0 Å². The van der Waals surface area contributed by atoms with Gasteiger partial charge in [0.2, 0.25) is 5.13 Å². The van der Waals surface area contributed by atoms with E-state index in [9.17, 15) is 17.2 Å². The van der Waals surface area contributed by atoms with Crippen molar-refractivity contribution in [3.05, 3.63) is 53.6 Å². The second-order valence-corrected chi connectivity index (χ2v) is 9.52. The molecular weight excluding hydrogens is 434 g/mol. The van der Waals surface area contributed by atoms with Crippen LogP contribution in [0.25, 0.3) is 0 Å². The van der Waals surface area contributed by atoms with Crippen LogP contribution in [0.1, 0.15) is 36.6 Å². The number of sulfonamides is 1. The van der Waals surface area contributed by atoms with Gasteiger partial charge >= 0.3 is 0 Å². The summed E-state index contributed by atoms with van der Waals surface area (Å²) in [5.41, 5.74) is 1.12. The van der Waals surface area contributed by atoms with Crippen LogP contribution in [0.3, 0.4) is 0 Å². The molecule has 160 valence electrons. The van der Waals surface area contributed by atoms with Crippen LogP contribution in [0.2, 0.25) is 0 Å².